The van der Waals surface area contributed by atoms with Gasteiger partial charge in [0.2, 0.25) is 11.8 Å². The number of aromatic hydroxyl groups is 2. The molecule has 0 aliphatic carbocycles. The zero-order chi connectivity index (χ0) is 27.5. The molecule has 0 unspecified atom stereocenters. The van der Waals surface area contributed by atoms with Crippen LogP contribution in [0.1, 0.15) is 42.9 Å². The highest BCUT2D eigenvalue weighted by molar-refractivity contribution is 5.95. The maximum absolute atomic E-state index is 11.7. The highest BCUT2D eigenvalue weighted by Crippen LogP contribution is 2.65. The molecule has 40 heavy (non-hydrogen) atoms. The van der Waals surface area contributed by atoms with E-state index in [1.807, 2.05) is 67.6 Å². The number of hydrogen-bond acceptors (Lipinski definition) is 5. The lowest BCUT2D eigenvalue weighted by molar-refractivity contribution is -0.0876. The van der Waals surface area contributed by atoms with Gasteiger partial charge in [-0.05, 0) is 55.2 Å². The van der Waals surface area contributed by atoms with Crippen LogP contribution in [0.5, 0.6) is 17.5 Å². The zero-order valence-corrected chi connectivity index (χ0v) is 22.1. The molecule has 6 nitrogen and oxygen atoms in total. The smallest absolute Gasteiger partial charge is 0.205 e. The predicted octanol–water partition coefficient (Wildman–Crippen LogP) is 7.28. The van der Waals surface area contributed by atoms with Gasteiger partial charge >= 0.3 is 0 Å². The third-order valence-electron chi connectivity index (χ3n) is 8.51. The standard InChI is InChI=1S/C34H28N2O4/c1-33-16-17-34(40-33,18-19-39-25-11-7-10-23(20-25)22-8-3-2-4-9-22)30-29(33)31(37)36(32(30)38)28-15-14-24(21-35)26-12-5-6-13-27(26)28/h2-15,20,37-38H,16-19H2,1H3/t33-,34-/m0/s1. The molecule has 2 N–H and O–H groups in total. The number of aromatic nitrogens is 1. The first-order valence-electron chi connectivity index (χ1n) is 13.5. The van der Waals surface area contributed by atoms with E-state index in [0.717, 1.165) is 40.5 Å². The van der Waals surface area contributed by atoms with Gasteiger partial charge in [0.25, 0.3) is 0 Å². The Morgan fingerprint density at radius 2 is 1.57 bits per heavy atom. The molecule has 6 heteroatoms. The molecule has 2 aliphatic heterocycles. The largest absolute Gasteiger partial charge is 0.494 e. The van der Waals surface area contributed by atoms with Gasteiger partial charge in [0.1, 0.15) is 11.4 Å². The lowest BCUT2D eigenvalue weighted by atomic mass is 9.78. The van der Waals surface area contributed by atoms with E-state index in [1.165, 1.54) is 4.57 Å². The molecule has 2 atom stereocenters. The predicted molar refractivity (Wildman–Crippen MR) is 153 cm³/mol. The van der Waals surface area contributed by atoms with Gasteiger partial charge in [0.05, 0.1) is 40.7 Å². The van der Waals surface area contributed by atoms with Crippen LogP contribution in [0.2, 0.25) is 0 Å². The van der Waals surface area contributed by atoms with E-state index in [2.05, 4.69) is 24.3 Å². The number of hydrogen-bond donors (Lipinski definition) is 2. The Morgan fingerprint density at radius 3 is 2.38 bits per heavy atom. The van der Waals surface area contributed by atoms with E-state index in [4.69, 9.17) is 9.47 Å². The number of fused-ring (bicyclic) bond motifs is 6. The molecular formula is C34H28N2O4. The van der Waals surface area contributed by atoms with Crippen LogP contribution in [0.3, 0.4) is 0 Å². The highest BCUT2D eigenvalue weighted by atomic mass is 16.5. The minimum Gasteiger partial charge on any atom is -0.494 e. The van der Waals surface area contributed by atoms with E-state index in [1.54, 1.807) is 12.1 Å². The van der Waals surface area contributed by atoms with Gasteiger partial charge in [-0.25, -0.2) is 0 Å². The molecule has 0 saturated carbocycles. The first-order valence-corrected chi connectivity index (χ1v) is 13.5. The summed E-state index contributed by atoms with van der Waals surface area (Å²) in [6, 6.07) is 31.5. The van der Waals surface area contributed by atoms with Crippen LogP contribution in [-0.2, 0) is 15.9 Å². The Kier molecular flexibility index (Phi) is 5.41. The van der Waals surface area contributed by atoms with Crippen molar-refractivity contribution in [3.05, 3.63) is 108 Å². The van der Waals surface area contributed by atoms with Crippen molar-refractivity contribution in [2.75, 3.05) is 6.61 Å². The van der Waals surface area contributed by atoms with Crippen molar-refractivity contribution in [3.63, 3.8) is 0 Å². The summed E-state index contributed by atoms with van der Waals surface area (Å²) in [4.78, 5) is 0. The molecule has 1 saturated heterocycles. The van der Waals surface area contributed by atoms with Gasteiger partial charge in [-0.1, -0.05) is 66.7 Å². The number of benzene rings is 4. The Hall–Kier alpha value is -4.73. The molecule has 4 aromatic carbocycles. The van der Waals surface area contributed by atoms with Gasteiger partial charge in [0.15, 0.2) is 0 Å². The monoisotopic (exact) mass is 528 g/mol. The van der Waals surface area contributed by atoms with E-state index in [0.29, 0.717) is 35.4 Å². The van der Waals surface area contributed by atoms with Crippen LogP contribution >= 0.6 is 0 Å². The summed E-state index contributed by atoms with van der Waals surface area (Å²) in [7, 11) is 0. The minimum absolute atomic E-state index is 0.0251. The minimum atomic E-state index is -0.768. The van der Waals surface area contributed by atoms with E-state index in [9.17, 15) is 15.5 Å². The van der Waals surface area contributed by atoms with Crippen molar-refractivity contribution in [1.82, 2.24) is 4.57 Å². The fourth-order valence-corrected chi connectivity index (χ4v) is 6.64. The first-order chi connectivity index (χ1) is 19.4. The lowest BCUT2D eigenvalue weighted by Gasteiger charge is -2.26. The van der Waals surface area contributed by atoms with Crippen LogP contribution in [0, 0.1) is 11.3 Å². The molecule has 1 aromatic heterocycles. The first kappa shape index (κ1) is 24.3. The number of nitriles is 1. The fourth-order valence-electron chi connectivity index (χ4n) is 6.64. The summed E-state index contributed by atoms with van der Waals surface area (Å²) >= 11 is 0. The molecule has 7 rings (SSSR count). The van der Waals surface area contributed by atoms with Crippen LogP contribution in [0.4, 0.5) is 0 Å². The summed E-state index contributed by atoms with van der Waals surface area (Å²) in [5, 5.41) is 34.3. The van der Waals surface area contributed by atoms with E-state index < -0.39 is 11.2 Å². The highest BCUT2D eigenvalue weighted by Gasteiger charge is 2.61. The fraction of sp³-hybridized carbons (Fsp3) is 0.206. The maximum Gasteiger partial charge on any atom is 0.205 e. The SMILES string of the molecule is C[C@@]12CC[C@@](CCOc3cccc(-c4ccccc4)c3)(O1)c1c2c(O)n(-c2ccc(C#N)c3ccccc23)c1O. The summed E-state index contributed by atoms with van der Waals surface area (Å²) in [6.45, 7) is 2.37. The summed E-state index contributed by atoms with van der Waals surface area (Å²) in [5.74, 6) is 0.713. The van der Waals surface area contributed by atoms with Gasteiger partial charge in [-0.15, -0.1) is 0 Å². The Labute approximate surface area is 232 Å². The van der Waals surface area contributed by atoms with Crippen molar-refractivity contribution in [2.45, 2.75) is 37.4 Å². The van der Waals surface area contributed by atoms with Crippen LogP contribution < -0.4 is 4.74 Å². The molecule has 1 fully saturated rings. The number of ether oxygens (including phenoxy) is 2. The van der Waals surface area contributed by atoms with Crippen molar-refractivity contribution in [3.8, 4) is 40.4 Å². The summed E-state index contributed by atoms with van der Waals surface area (Å²) < 4.78 is 14.3. The van der Waals surface area contributed by atoms with E-state index in [-0.39, 0.29) is 11.8 Å². The second-order valence-corrected chi connectivity index (χ2v) is 10.8. The van der Waals surface area contributed by atoms with E-state index >= 15 is 0 Å². The average Bonchev–Trinajstić information content (AvgIpc) is 3.57. The molecule has 0 amide bonds. The molecule has 198 valence electrons. The molecule has 5 aromatic rings. The molecule has 3 heterocycles. The summed E-state index contributed by atoms with van der Waals surface area (Å²) in [6.07, 6.45) is 1.97. The second kappa shape index (κ2) is 8.90. The summed E-state index contributed by atoms with van der Waals surface area (Å²) in [5.41, 5.74) is 3.15. The lowest BCUT2D eigenvalue weighted by Crippen LogP contribution is -2.25. The average molecular weight is 529 g/mol. The number of rotatable bonds is 6. The van der Waals surface area contributed by atoms with Gasteiger partial charge in [-0.2, -0.15) is 5.26 Å². The third-order valence-corrected chi connectivity index (χ3v) is 8.51. The molecule has 0 spiro atoms. The molecule has 2 bridgehead atoms. The van der Waals surface area contributed by atoms with Crippen LogP contribution in [0.15, 0.2) is 91.0 Å². The van der Waals surface area contributed by atoms with Gasteiger partial charge in [0, 0.05) is 17.2 Å². The van der Waals surface area contributed by atoms with Crippen molar-refractivity contribution in [1.29, 1.82) is 5.26 Å². The molecule has 2 aliphatic rings. The van der Waals surface area contributed by atoms with Crippen molar-refractivity contribution >= 4 is 10.8 Å². The topological polar surface area (TPSA) is 87.6 Å². The second-order valence-electron chi connectivity index (χ2n) is 10.8. The number of nitrogens with zero attached hydrogens (tertiary/aromatic N) is 2. The van der Waals surface area contributed by atoms with Gasteiger partial charge < -0.3 is 19.7 Å². The van der Waals surface area contributed by atoms with Crippen molar-refractivity contribution in [2.24, 2.45) is 0 Å². The molecule has 0 radical (unpaired) electrons. The Bertz CT molecular complexity index is 1820. The quantitative estimate of drug-likeness (QED) is 0.242. The van der Waals surface area contributed by atoms with Crippen LogP contribution in [-0.4, -0.2) is 21.4 Å². The van der Waals surface area contributed by atoms with Gasteiger partial charge in [-0.3, -0.25) is 4.57 Å². The Balaban J connectivity index is 1.23. The zero-order valence-electron chi connectivity index (χ0n) is 22.1. The van der Waals surface area contributed by atoms with Crippen LogP contribution in [0.25, 0.3) is 27.6 Å². The Morgan fingerprint density at radius 1 is 0.850 bits per heavy atom. The molecular weight excluding hydrogens is 500 g/mol. The van der Waals surface area contributed by atoms with Crippen molar-refractivity contribution < 1.29 is 19.7 Å². The maximum atomic E-state index is 11.7. The normalized spacial score (nSPS) is 20.9. The third kappa shape index (κ3) is 3.52.